The number of nitrogens with two attached hydrogens (primary N) is 1. The second-order valence-electron chi connectivity index (χ2n) is 9.13. The Balaban J connectivity index is 1.33. The number of carbonyl (C=O) groups is 3. The van der Waals surface area contributed by atoms with E-state index < -0.39 is 29.2 Å². The van der Waals surface area contributed by atoms with Gasteiger partial charge in [0.2, 0.25) is 0 Å². The van der Waals surface area contributed by atoms with Crippen molar-refractivity contribution in [1.29, 1.82) is 0 Å². The molecular formula is C24H26N8O5S3. The summed E-state index contributed by atoms with van der Waals surface area (Å²) in [7, 11) is 1.28. The smallest absolute Gasteiger partial charge is 0.276 e. The number of nitrogens with one attached hydrogen (secondary N) is 2. The largest absolute Gasteiger partial charge is 0.543 e. The Hall–Kier alpha value is -3.76. The van der Waals surface area contributed by atoms with Gasteiger partial charge in [-0.15, -0.1) is 23.1 Å². The van der Waals surface area contributed by atoms with Crippen LogP contribution >= 0.6 is 34.4 Å². The molecule has 0 radical (unpaired) electrons. The molecule has 2 aliphatic rings. The Morgan fingerprint density at radius 3 is 2.88 bits per heavy atom. The molecule has 3 aromatic rings. The van der Waals surface area contributed by atoms with Gasteiger partial charge in [0.05, 0.1) is 17.2 Å². The van der Waals surface area contributed by atoms with Gasteiger partial charge in [-0.05, 0) is 13.3 Å². The molecule has 3 atom stereocenters. The zero-order chi connectivity index (χ0) is 28.6. The van der Waals surface area contributed by atoms with E-state index in [0.717, 1.165) is 33.1 Å². The van der Waals surface area contributed by atoms with Gasteiger partial charge in [0.25, 0.3) is 11.8 Å². The number of rotatable bonds is 10. The Morgan fingerprint density at radius 2 is 2.20 bits per heavy atom. The average Bonchev–Trinajstić information content (AvgIpc) is 3.54. The standard InChI is InChI=1S/C24H26N8O5S3/c1-4-11(2)26-24-28-13-5-6-31(8-15(13)40-24)7-12-9-38-21-17(20(34)32(21)18(12)22(35)36)29-19(33)16(30-37-3)14-10-39-23(25)27-14/h5-6,8,10-11,17,21H,4,7,9H2,1-3H3,(H4,25,27,29,33,35,36)/b30-16-/t11?,17-,21-/m1/s1. The number of oxime groups is 1. The summed E-state index contributed by atoms with van der Waals surface area (Å²) in [5.41, 5.74) is 6.93. The Bertz CT molecular complexity index is 1550. The Labute approximate surface area is 241 Å². The summed E-state index contributed by atoms with van der Waals surface area (Å²) < 4.78 is 2.81. The van der Waals surface area contributed by atoms with Crippen molar-refractivity contribution in [2.45, 2.75) is 44.3 Å². The van der Waals surface area contributed by atoms with E-state index in [0.29, 0.717) is 17.4 Å². The summed E-state index contributed by atoms with van der Waals surface area (Å²) in [6.45, 7) is 4.44. The summed E-state index contributed by atoms with van der Waals surface area (Å²) in [5, 5.41) is 23.9. The third kappa shape index (κ3) is 5.33. The second-order valence-corrected chi connectivity index (χ2v) is 12.2. The van der Waals surface area contributed by atoms with Crippen LogP contribution in [-0.4, -0.2) is 68.7 Å². The van der Waals surface area contributed by atoms with Crippen molar-refractivity contribution in [2.75, 3.05) is 23.9 Å². The number of carbonyl (C=O) groups excluding carboxylic acids is 3. The molecule has 40 heavy (non-hydrogen) atoms. The number of nitrogen functional groups attached to an aromatic ring is 1. The van der Waals surface area contributed by atoms with Crippen LogP contribution < -0.4 is 26.0 Å². The molecule has 0 aromatic carbocycles. The fourth-order valence-corrected chi connectivity index (χ4v) is 7.21. The van der Waals surface area contributed by atoms with Crippen molar-refractivity contribution in [3.05, 3.63) is 40.8 Å². The lowest BCUT2D eigenvalue weighted by Crippen LogP contribution is -2.71. The van der Waals surface area contributed by atoms with Gasteiger partial charge < -0.3 is 31.1 Å². The zero-order valence-electron chi connectivity index (χ0n) is 21.7. The molecule has 1 unspecified atom stereocenters. The van der Waals surface area contributed by atoms with Gasteiger partial charge in [0.15, 0.2) is 34.9 Å². The van der Waals surface area contributed by atoms with E-state index in [9.17, 15) is 19.5 Å². The summed E-state index contributed by atoms with van der Waals surface area (Å²) in [5.74, 6) is -2.36. The number of fused-ring (bicyclic) bond motifs is 2. The van der Waals surface area contributed by atoms with Crippen molar-refractivity contribution in [3.63, 3.8) is 0 Å². The highest BCUT2D eigenvalue weighted by Gasteiger charge is 2.53. The molecule has 2 amide bonds. The molecule has 210 valence electrons. The lowest BCUT2D eigenvalue weighted by Gasteiger charge is -2.50. The van der Waals surface area contributed by atoms with Crippen LogP contribution in [0.2, 0.25) is 0 Å². The highest BCUT2D eigenvalue weighted by atomic mass is 32.2. The first-order valence-corrected chi connectivity index (χ1v) is 15.0. The number of amides is 2. The van der Waals surface area contributed by atoms with Crippen LogP contribution in [0.4, 0.5) is 10.3 Å². The average molecular weight is 603 g/mol. The van der Waals surface area contributed by atoms with Crippen LogP contribution in [-0.2, 0) is 25.8 Å². The highest BCUT2D eigenvalue weighted by molar-refractivity contribution is 8.00. The Morgan fingerprint density at radius 1 is 1.40 bits per heavy atom. The summed E-state index contributed by atoms with van der Waals surface area (Å²) >= 11 is 4.01. The number of hydrogen-bond acceptors (Lipinski definition) is 13. The first-order valence-electron chi connectivity index (χ1n) is 12.3. The number of nitrogens with zero attached hydrogens (tertiary/aromatic N) is 5. The van der Waals surface area contributed by atoms with Crippen molar-refractivity contribution in [3.8, 4) is 0 Å². The lowest BCUT2D eigenvalue weighted by molar-refractivity contribution is -0.687. The molecule has 3 aromatic heterocycles. The molecule has 1 saturated heterocycles. The number of β-lactam (4-membered cyclic amide) rings is 1. The van der Waals surface area contributed by atoms with Crippen LogP contribution in [0.25, 0.3) is 10.2 Å². The molecular weight excluding hydrogens is 577 g/mol. The third-order valence-corrected chi connectivity index (χ3v) is 9.38. The highest BCUT2D eigenvalue weighted by Crippen LogP contribution is 2.40. The van der Waals surface area contributed by atoms with Gasteiger partial charge in [-0.3, -0.25) is 14.5 Å². The van der Waals surface area contributed by atoms with Gasteiger partial charge >= 0.3 is 0 Å². The van der Waals surface area contributed by atoms with Crippen molar-refractivity contribution < 1.29 is 28.9 Å². The number of hydrogen-bond donors (Lipinski definition) is 3. The summed E-state index contributed by atoms with van der Waals surface area (Å²) in [6, 6.07) is 1.22. The lowest BCUT2D eigenvalue weighted by atomic mass is 10.0. The van der Waals surface area contributed by atoms with E-state index >= 15 is 0 Å². The van der Waals surface area contributed by atoms with E-state index in [1.165, 1.54) is 35.1 Å². The molecule has 2 aliphatic heterocycles. The molecule has 1 fully saturated rings. The maximum Gasteiger partial charge on any atom is 0.276 e. The van der Waals surface area contributed by atoms with Crippen LogP contribution in [0.5, 0.6) is 0 Å². The van der Waals surface area contributed by atoms with Crippen LogP contribution in [0.1, 0.15) is 26.0 Å². The van der Waals surface area contributed by atoms with Crippen molar-refractivity contribution >= 4 is 78.4 Å². The summed E-state index contributed by atoms with van der Waals surface area (Å²) in [4.78, 5) is 52.9. The first kappa shape index (κ1) is 27.8. The van der Waals surface area contributed by atoms with Crippen LogP contribution in [0.3, 0.4) is 0 Å². The van der Waals surface area contributed by atoms with Crippen LogP contribution in [0, 0.1) is 0 Å². The van der Waals surface area contributed by atoms with Gasteiger partial charge in [0.1, 0.15) is 28.9 Å². The van der Waals surface area contributed by atoms with Gasteiger partial charge in [-0.25, -0.2) is 9.97 Å². The minimum atomic E-state index is -1.45. The number of pyridine rings is 1. The normalized spacial score (nSPS) is 19.7. The van der Waals surface area contributed by atoms with Gasteiger partial charge in [-0.2, -0.15) is 4.57 Å². The monoisotopic (exact) mass is 602 g/mol. The first-order chi connectivity index (χ1) is 19.2. The molecule has 0 spiro atoms. The number of carboxylic acids is 1. The van der Waals surface area contributed by atoms with Gasteiger partial charge in [-0.1, -0.05) is 23.4 Å². The fourth-order valence-electron chi connectivity index (χ4n) is 4.30. The SMILES string of the molecule is CCC(C)Nc1nc2cc[n+](CC3=C(C(=O)[O-])N4C(=O)[C@@H](NC(=O)/C(=N\OC)c5csc(N)n5)[C@H]4SC3)cc2s1. The fraction of sp³-hybridized carbons (Fsp3) is 0.375. The minimum absolute atomic E-state index is 0.142. The molecule has 16 heteroatoms. The maximum absolute atomic E-state index is 13.1. The second kappa shape index (κ2) is 11.4. The zero-order valence-corrected chi connectivity index (χ0v) is 24.2. The van der Waals surface area contributed by atoms with Gasteiger partial charge in [0, 0.05) is 28.8 Å². The molecule has 0 bridgehead atoms. The molecule has 0 aliphatic carbocycles. The number of carboxylic acid groups (broad SMARTS) is 1. The number of thiazole rings is 2. The Kier molecular flexibility index (Phi) is 7.91. The minimum Gasteiger partial charge on any atom is -0.543 e. The van der Waals surface area contributed by atoms with E-state index in [4.69, 9.17) is 10.6 Å². The van der Waals surface area contributed by atoms with Crippen molar-refractivity contribution in [2.24, 2.45) is 5.16 Å². The number of anilines is 2. The van der Waals surface area contributed by atoms with E-state index in [2.05, 4.69) is 39.6 Å². The van der Waals surface area contributed by atoms with Crippen LogP contribution in [0.15, 0.2) is 40.3 Å². The molecule has 13 nitrogen and oxygen atoms in total. The van der Waals surface area contributed by atoms with E-state index in [1.807, 2.05) is 23.0 Å². The number of aliphatic carboxylic acids is 1. The van der Waals surface area contributed by atoms with E-state index in [-0.39, 0.29) is 28.8 Å². The molecule has 4 N–H and O–H groups in total. The van der Waals surface area contributed by atoms with Crippen molar-refractivity contribution in [1.82, 2.24) is 20.2 Å². The van der Waals surface area contributed by atoms with E-state index in [1.54, 1.807) is 5.38 Å². The quantitative estimate of drug-likeness (QED) is 0.126. The number of aromatic nitrogens is 3. The number of thioether (sulfide) groups is 1. The third-order valence-electron chi connectivity index (χ3n) is 6.43. The maximum atomic E-state index is 13.1. The predicted octanol–water partition coefficient (Wildman–Crippen LogP) is 0.288. The topological polar surface area (TPSA) is 179 Å². The molecule has 5 rings (SSSR count). The molecule has 0 saturated carbocycles. The summed E-state index contributed by atoms with van der Waals surface area (Å²) in [6.07, 6.45) is 4.71. The predicted molar refractivity (Wildman–Crippen MR) is 150 cm³/mol. The molecule has 5 heterocycles.